The summed E-state index contributed by atoms with van der Waals surface area (Å²) in [6.07, 6.45) is 0. The lowest BCUT2D eigenvalue weighted by Gasteiger charge is -2.16. The first-order chi connectivity index (χ1) is 24.3. The first kappa shape index (κ1) is 26.6. The third-order valence-electron chi connectivity index (χ3n) is 10.7. The Hall–Kier alpha value is -6.44. The topological polar surface area (TPSA) is 4.93 Å². The molecule has 1 aromatic heterocycles. The third-order valence-corrected chi connectivity index (χ3v) is 10.7. The van der Waals surface area contributed by atoms with Crippen LogP contribution in [0, 0.1) is 0 Å². The van der Waals surface area contributed by atoms with Gasteiger partial charge in [0.2, 0.25) is 0 Å². The maximum Gasteiger partial charge on any atom is 0.0547 e. The molecule has 49 heavy (non-hydrogen) atoms. The number of hydrogen-bond donors (Lipinski definition) is 0. The second-order valence-corrected chi connectivity index (χ2v) is 13.2. The Labute approximate surface area is 282 Å². The quantitative estimate of drug-likeness (QED) is 0.170. The van der Waals surface area contributed by atoms with Crippen molar-refractivity contribution in [3.8, 4) is 16.8 Å². The first-order valence-corrected chi connectivity index (χ1v) is 17.0. The van der Waals surface area contributed by atoms with Crippen molar-refractivity contribution in [3.05, 3.63) is 176 Å². The molecule has 0 saturated heterocycles. The second-order valence-electron chi connectivity index (χ2n) is 13.2. The molecular weight excluding hydrogens is 591 g/mol. The Morgan fingerprint density at radius 1 is 0.245 bits per heavy atom. The van der Waals surface area contributed by atoms with E-state index in [2.05, 4.69) is 180 Å². The van der Waals surface area contributed by atoms with Gasteiger partial charge in [-0.05, 0) is 101 Å². The zero-order valence-electron chi connectivity index (χ0n) is 26.7. The molecule has 1 heterocycles. The van der Waals surface area contributed by atoms with E-state index in [-0.39, 0.29) is 0 Å². The van der Waals surface area contributed by atoms with E-state index in [1.54, 1.807) is 0 Å². The minimum atomic E-state index is 1.21. The molecule has 1 nitrogen and oxygen atoms in total. The summed E-state index contributed by atoms with van der Waals surface area (Å²) in [7, 11) is 0. The maximum atomic E-state index is 2.48. The van der Waals surface area contributed by atoms with Crippen LogP contribution in [0.2, 0.25) is 0 Å². The van der Waals surface area contributed by atoms with Gasteiger partial charge in [-0.1, -0.05) is 146 Å². The van der Waals surface area contributed by atoms with E-state index in [4.69, 9.17) is 0 Å². The summed E-state index contributed by atoms with van der Waals surface area (Å²) in [5.74, 6) is 0. The summed E-state index contributed by atoms with van der Waals surface area (Å²) in [4.78, 5) is 0. The summed E-state index contributed by atoms with van der Waals surface area (Å²) in [6, 6.07) is 65.0. The lowest BCUT2D eigenvalue weighted by Crippen LogP contribution is -1.96. The molecule has 0 aliphatic heterocycles. The normalized spacial score (nSPS) is 12.1. The van der Waals surface area contributed by atoms with Gasteiger partial charge in [0.1, 0.15) is 0 Å². The molecule has 0 bridgehead atoms. The van der Waals surface area contributed by atoms with Crippen LogP contribution in [-0.2, 0) is 0 Å². The highest BCUT2D eigenvalue weighted by Crippen LogP contribution is 2.42. The Kier molecular flexibility index (Phi) is 5.45. The Morgan fingerprint density at radius 2 is 0.633 bits per heavy atom. The average Bonchev–Trinajstić information content (AvgIpc) is 3.51. The molecule has 0 aliphatic rings. The molecule has 0 unspecified atom stereocenters. The zero-order valence-corrected chi connectivity index (χ0v) is 26.7. The third kappa shape index (κ3) is 3.70. The zero-order chi connectivity index (χ0) is 32.1. The van der Waals surface area contributed by atoms with Crippen LogP contribution in [0.3, 0.4) is 0 Å². The lowest BCUT2D eigenvalue weighted by molar-refractivity contribution is 1.20. The van der Waals surface area contributed by atoms with E-state index in [0.717, 1.165) is 0 Å². The van der Waals surface area contributed by atoms with Crippen molar-refractivity contribution in [2.75, 3.05) is 0 Å². The highest BCUT2D eigenvalue weighted by molar-refractivity contribution is 6.28. The fraction of sp³-hybridized carbons (Fsp3) is 0. The maximum absolute atomic E-state index is 2.48. The summed E-state index contributed by atoms with van der Waals surface area (Å²) in [5.41, 5.74) is 6.10. The van der Waals surface area contributed by atoms with Crippen LogP contribution in [0.4, 0.5) is 0 Å². The van der Waals surface area contributed by atoms with Gasteiger partial charge in [0.05, 0.1) is 16.7 Å². The monoisotopic (exact) mass is 619 g/mol. The highest BCUT2D eigenvalue weighted by Gasteiger charge is 2.18. The number of nitrogens with zero attached hydrogens (tertiary/aromatic N) is 1. The van der Waals surface area contributed by atoms with Crippen molar-refractivity contribution in [3.63, 3.8) is 0 Å². The SMILES string of the molecule is c1ccc2c(c1)c1ccccc1c1cc(-c3ccc4c(c3)c3ccccc3n4-c3cccc4c5ccccc5c5ccccc5c34)ccc21. The van der Waals surface area contributed by atoms with E-state index < -0.39 is 0 Å². The van der Waals surface area contributed by atoms with Crippen LogP contribution in [0.25, 0.3) is 103 Å². The van der Waals surface area contributed by atoms with Crippen molar-refractivity contribution in [2.45, 2.75) is 0 Å². The number of rotatable bonds is 2. The molecule has 0 radical (unpaired) electrons. The van der Waals surface area contributed by atoms with Gasteiger partial charge in [0.15, 0.2) is 0 Å². The number of para-hydroxylation sites is 1. The molecule has 10 aromatic carbocycles. The van der Waals surface area contributed by atoms with Gasteiger partial charge in [-0.2, -0.15) is 0 Å². The molecular formula is C48H29N. The molecule has 0 amide bonds. The fourth-order valence-electron chi connectivity index (χ4n) is 8.62. The van der Waals surface area contributed by atoms with Crippen molar-refractivity contribution < 1.29 is 0 Å². The molecule has 1 heteroatoms. The van der Waals surface area contributed by atoms with Crippen LogP contribution < -0.4 is 0 Å². The Balaban J connectivity index is 1.19. The van der Waals surface area contributed by atoms with Crippen LogP contribution in [0.5, 0.6) is 0 Å². The molecule has 0 N–H and O–H groups in total. The van der Waals surface area contributed by atoms with E-state index in [1.807, 2.05) is 0 Å². The number of aromatic nitrogens is 1. The summed E-state index contributed by atoms with van der Waals surface area (Å²) in [6.45, 7) is 0. The molecule has 0 saturated carbocycles. The Bertz CT molecular complexity index is 3080. The van der Waals surface area contributed by atoms with Gasteiger partial charge in [-0.25, -0.2) is 0 Å². The average molecular weight is 620 g/mol. The standard InChI is InChI=1S/C48H29N/c1-2-14-34-32(12-1)33-13-4-6-18-38(33)43-28-30(24-26-39(34)43)31-25-27-46-44(29-31)40-19-9-10-22-45(40)49(46)47-23-11-21-42-37-16-5-3-15-35(37)36-17-7-8-20-41(36)48(42)47/h1-29H. The molecule has 226 valence electrons. The van der Waals surface area contributed by atoms with Crippen molar-refractivity contribution >= 4 is 86.4 Å². The summed E-state index contributed by atoms with van der Waals surface area (Å²) in [5, 5.41) is 18.1. The molecule has 11 aromatic rings. The largest absolute Gasteiger partial charge is 0.309 e. The minimum absolute atomic E-state index is 1.21. The van der Waals surface area contributed by atoms with Crippen molar-refractivity contribution in [2.24, 2.45) is 0 Å². The van der Waals surface area contributed by atoms with Gasteiger partial charge < -0.3 is 4.57 Å². The van der Waals surface area contributed by atoms with Crippen LogP contribution >= 0.6 is 0 Å². The summed E-state index contributed by atoms with van der Waals surface area (Å²) < 4.78 is 2.48. The predicted octanol–water partition coefficient (Wildman–Crippen LogP) is 13.4. The van der Waals surface area contributed by atoms with E-state index in [9.17, 15) is 0 Å². The van der Waals surface area contributed by atoms with Gasteiger partial charge in [0, 0.05) is 16.2 Å². The van der Waals surface area contributed by atoms with E-state index >= 15 is 0 Å². The highest BCUT2D eigenvalue weighted by atomic mass is 15.0. The van der Waals surface area contributed by atoms with Crippen molar-refractivity contribution in [1.29, 1.82) is 0 Å². The van der Waals surface area contributed by atoms with Gasteiger partial charge >= 0.3 is 0 Å². The number of hydrogen-bond acceptors (Lipinski definition) is 0. The molecule has 0 fully saturated rings. The fourth-order valence-corrected chi connectivity index (χ4v) is 8.62. The van der Waals surface area contributed by atoms with Crippen LogP contribution in [0.15, 0.2) is 176 Å². The summed E-state index contributed by atoms with van der Waals surface area (Å²) >= 11 is 0. The molecule has 0 aliphatic carbocycles. The predicted molar refractivity (Wildman–Crippen MR) is 211 cm³/mol. The van der Waals surface area contributed by atoms with Gasteiger partial charge in [0.25, 0.3) is 0 Å². The minimum Gasteiger partial charge on any atom is -0.309 e. The smallest absolute Gasteiger partial charge is 0.0547 e. The Morgan fingerprint density at radius 3 is 1.22 bits per heavy atom. The molecule has 0 atom stereocenters. The van der Waals surface area contributed by atoms with E-state index in [1.165, 1.54) is 103 Å². The van der Waals surface area contributed by atoms with Crippen LogP contribution in [-0.4, -0.2) is 4.57 Å². The van der Waals surface area contributed by atoms with Crippen LogP contribution in [0.1, 0.15) is 0 Å². The number of fused-ring (bicyclic) bond motifs is 15. The van der Waals surface area contributed by atoms with Gasteiger partial charge in [-0.15, -0.1) is 0 Å². The lowest BCUT2D eigenvalue weighted by atomic mass is 9.92. The van der Waals surface area contributed by atoms with Crippen molar-refractivity contribution in [1.82, 2.24) is 4.57 Å². The number of benzene rings is 10. The molecule has 0 spiro atoms. The first-order valence-electron chi connectivity index (χ1n) is 17.0. The molecule has 11 rings (SSSR count). The van der Waals surface area contributed by atoms with Gasteiger partial charge in [-0.3, -0.25) is 0 Å². The van der Waals surface area contributed by atoms with E-state index in [0.29, 0.717) is 0 Å². The second kappa shape index (κ2) is 10.0.